The highest BCUT2D eigenvalue weighted by molar-refractivity contribution is 7.89. The SMILES string of the molecule is CCS(=O)(=O)NCCOc1ccc(B2OC(C)(C)C(C)(C)O2)cc1. The normalized spacial score (nSPS) is 19.5. The van der Waals surface area contributed by atoms with Crippen molar-refractivity contribution in [2.45, 2.75) is 45.8 Å². The first-order valence-electron chi connectivity index (χ1n) is 8.12. The van der Waals surface area contributed by atoms with Gasteiger partial charge in [-0.05, 0) is 52.2 Å². The molecule has 0 amide bonds. The van der Waals surface area contributed by atoms with E-state index in [4.69, 9.17) is 14.0 Å². The van der Waals surface area contributed by atoms with Gasteiger partial charge in [0.2, 0.25) is 10.0 Å². The maximum atomic E-state index is 11.3. The van der Waals surface area contributed by atoms with Gasteiger partial charge in [0.15, 0.2) is 0 Å². The topological polar surface area (TPSA) is 73.9 Å². The van der Waals surface area contributed by atoms with Crippen molar-refractivity contribution in [3.8, 4) is 5.75 Å². The standard InChI is InChI=1S/C16H26BNO5S/c1-6-24(19,20)18-11-12-21-14-9-7-13(8-10-14)17-22-15(2,3)16(4,5)23-17/h7-10,18H,6,11-12H2,1-5H3. The van der Waals surface area contributed by atoms with Gasteiger partial charge in [-0.2, -0.15) is 0 Å². The minimum absolute atomic E-state index is 0.0653. The van der Waals surface area contributed by atoms with Gasteiger partial charge in [-0.3, -0.25) is 0 Å². The average molecular weight is 355 g/mol. The van der Waals surface area contributed by atoms with Crippen LogP contribution in [-0.4, -0.2) is 45.6 Å². The monoisotopic (exact) mass is 355 g/mol. The predicted octanol–water partition coefficient (Wildman–Crippen LogP) is 1.30. The van der Waals surface area contributed by atoms with Crippen molar-refractivity contribution >= 4 is 22.6 Å². The van der Waals surface area contributed by atoms with Gasteiger partial charge < -0.3 is 14.0 Å². The second-order valence-corrected chi connectivity index (χ2v) is 8.90. The van der Waals surface area contributed by atoms with Crippen LogP contribution in [0.4, 0.5) is 0 Å². The minimum atomic E-state index is -3.18. The summed E-state index contributed by atoms with van der Waals surface area (Å²) in [6.45, 7) is 10.2. The molecule has 1 N–H and O–H groups in total. The molecule has 0 unspecified atom stereocenters. The third-order valence-electron chi connectivity index (χ3n) is 4.48. The molecule has 1 aromatic carbocycles. The maximum Gasteiger partial charge on any atom is 0.494 e. The molecule has 1 aromatic rings. The molecule has 1 heterocycles. The van der Waals surface area contributed by atoms with E-state index in [0.717, 1.165) is 5.46 Å². The molecule has 1 aliphatic rings. The lowest BCUT2D eigenvalue weighted by atomic mass is 9.79. The van der Waals surface area contributed by atoms with Gasteiger partial charge in [0.05, 0.1) is 17.0 Å². The molecule has 2 rings (SSSR count). The van der Waals surface area contributed by atoms with E-state index in [0.29, 0.717) is 5.75 Å². The number of sulfonamides is 1. The molecule has 0 bridgehead atoms. The maximum absolute atomic E-state index is 11.3. The Balaban J connectivity index is 1.88. The Morgan fingerprint density at radius 3 is 2.12 bits per heavy atom. The van der Waals surface area contributed by atoms with Crippen molar-refractivity contribution in [1.82, 2.24) is 4.72 Å². The first-order valence-corrected chi connectivity index (χ1v) is 9.77. The largest absolute Gasteiger partial charge is 0.494 e. The summed E-state index contributed by atoms with van der Waals surface area (Å²) in [4.78, 5) is 0. The van der Waals surface area contributed by atoms with Crippen LogP contribution in [0.2, 0.25) is 0 Å². The van der Waals surface area contributed by atoms with Gasteiger partial charge in [0.1, 0.15) is 12.4 Å². The van der Waals surface area contributed by atoms with Crippen LogP contribution in [0.3, 0.4) is 0 Å². The van der Waals surface area contributed by atoms with Crippen LogP contribution in [0, 0.1) is 0 Å². The first-order chi connectivity index (χ1) is 11.1. The molecule has 134 valence electrons. The molecule has 0 spiro atoms. The molecule has 1 saturated heterocycles. The van der Waals surface area contributed by atoms with Gasteiger partial charge in [-0.15, -0.1) is 0 Å². The van der Waals surface area contributed by atoms with E-state index >= 15 is 0 Å². The lowest BCUT2D eigenvalue weighted by Gasteiger charge is -2.32. The van der Waals surface area contributed by atoms with Gasteiger partial charge in [-0.25, -0.2) is 13.1 Å². The minimum Gasteiger partial charge on any atom is -0.492 e. The van der Waals surface area contributed by atoms with Crippen molar-refractivity contribution in [1.29, 1.82) is 0 Å². The Kier molecular flexibility index (Phi) is 5.64. The molecule has 8 heteroatoms. The molecule has 0 atom stereocenters. The number of ether oxygens (including phenoxy) is 1. The summed E-state index contributed by atoms with van der Waals surface area (Å²) in [7, 11) is -3.58. The summed E-state index contributed by atoms with van der Waals surface area (Å²) >= 11 is 0. The summed E-state index contributed by atoms with van der Waals surface area (Å²) in [5.41, 5.74) is 0.180. The van der Waals surface area contributed by atoms with Gasteiger partial charge in [0, 0.05) is 6.54 Å². The van der Waals surface area contributed by atoms with Crippen molar-refractivity contribution in [2.75, 3.05) is 18.9 Å². The summed E-state index contributed by atoms with van der Waals surface area (Å²) < 4.78 is 42.6. The summed E-state index contributed by atoms with van der Waals surface area (Å²) in [6.07, 6.45) is 0. The molecule has 0 aromatic heterocycles. The molecular formula is C16H26BNO5S. The Morgan fingerprint density at radius 2 is 1.62 bits per heavy atom. The lowest BCUT2D eigenvalue weighted by Crippen LogP contribution is -2.41. The number of hydrogen-bond donors (Lipinski definition) is 1. The van der Waals surface area contributed by atoms with Crippen molar-refractivity contribution in [3.05, 3.63) is 24.3 Å². The number of benzene rings is 1. The Morgan fingerprint density at radius 1 is 1.08 bits per heavy atom. The van der Waals surface area contributed by atoms with Gasteiger partial charge in [0.25, 0.3) is 0 Å². The van der Waals surface area contributed by atoms with Crippen LogP contribution in [0.25, 0.3) is 0 Å². The van der Waals surface area contributed by atoms with E-state index in [9.17, 15) is 8.42 Å². The Bertz CT molecular complexity index is 642. The van der Waals surface area contributed by atoms with E-state index in [1.807, 2.05) is 52.0 Å². The smallest absolute Gasteiger partial charge is 0.492 e. The van der Waals surface area contributed by atoms with E-state index in [1.54, 1.807) is 6.92 Å². The van der Waals surface area contributed by atoms with Gasteiger partial charge in [-0.1, -0.05) is 12.1 Å². The third-order valence-corrected chi connectivity index (χ3v) is 5.88. The van der Waals surface area contributed by atoms with E-state index < -0.39 is 17.1 Å². The van der Waals surface area contributed by atoms with Crippen molar-refractivity contribution < 1.29 is 22.5 Å². The van der Waals surface area contributed by atoms with Crippen LogP contribution < -0.4 is 14.9 Å². The zero-order chi connectivity index (χ0) is 18.0. The molecule has 24 heavy (non-hydrogen) atoms. The van der Waals surface area contributed by atoms with Crippen LogP contribution in [0.15, 0.2) is 24.3 Å². The molecule has 0 saturated carbocycles. The van der Waals surface area contributed by atoms with E-state index in [-0.39, 0.29) is 30.1 Å². The molecule has 0 radical (unpaired) electrons. The van der Waals surface area contributed by atoms with Crippen LogP contribution >= 0.6 is 0 Å². The molecular weight excluding hydrogens is 329 g/mol. The summed E-state index contributed by atoms with van der Waals surface area (Å²) in [5, 5.41) is 0. The Labute approximate surface area is 145 Å². The molecule has 6 nitrogen and oxygen atoms in total. The second-order valence-electron chi connectivity index (χ2n) is 6.80. The molecule has 0 aliphatic carbocycles. The molecule has 1 fully saturated rings. The fourth-order valence-corrected chi connectivity index (χ4v) is 2.77. The zero-order valence-corrected chi connectivity index (χ0v) is 15.8. The average Bonchev–Trinajstić information content (AvgIpc) is 2.73. The highest BCUT2D eigenvalue weighted by Gasteiger charge is 2.51. The lowest BCUT2D eigenvalue weighted by molar-refractivity contribution is 0.00578. The van der Waals surface area contributed by atoms with Gasteiger partial charge >= 0.3 is 7.12 Å². The summed E-state index contributed by atoms with van der Waals surface area (Å²) in [6, 6.07) is 7.45. The van der Waals surface area contributed by atoms with Crippen LogP contribution in [0.1, 0.15) is 34.6 Å². The highest BCUT2D eigenvalue weighted by atomic mass is 32.2. The number of hydrogen-bond acceptors (Lipinski definition) is 5. The third kappa shape index (κ3) is 4.50. The van der Waals surface area contributed by atoms with Crippen LogP contribution in [0.5, 0.6) is 5.75 Å². The molecule has 1 aliphatic heterocycles. The van der Waals surface area contributed by atoms with E-state index in [2.05, 4.69) is 4.72 Å². The highest BCUT2D eigenvalue weighted by Crippen LogP contribution is 2.36. The quantitative estimate of drug-likeness (QED) is 0.590. The zero-order valence-electron chi connectivity index (χ0n) is 15.0. The number of nitrogens with one attached hydrogen (secondary N) is 1. The first kappa shape index (κ1) is 19.2. The van der Waals surface area contributed by atoms with Crippen molar-refractivity contribution in [3.63, 3.8) is 0 Å². The van der Waals surface area contributed by atoms with Crippen molar-refractivity contribution in [2.24, 2.45) is 0 Å². The number of rotatable bonds is 7. The fraction of sp³-hybridized carbons (Fsp3) is 0.625. The summed E-state index contributed by atoms with van der Waals surface area (Å²) in [5.74, 6) is 0.737. The van der Waals surface area contributed by atoms with E-state index in [1.165, 1.54) is 0 Å². The fourth-order valence-electron chi connectivity index (χ4n) is 2.17. The Hall–Kier alpha value is -1.09. The second kappa shape index (κ2) is 7.03. The predicted molar refractivity (Wildman–Crippen MR) is 95.1 cm³/mol. The van der Waals surface area contributed by atoms with Crippen LogP contribution in [-0.2, 0) is 19.3 Å².